The molecule has 0 aliphatic carbocycles. The van der Waals surface area contributed by atoms with E-state index in [1.165, 1.54) is 10.8 Å². The van der Waals surface area contributed by atoms with Crippen LogP contribution in [0.4, 0.5) is 5.95 Å². The van der Waals surface area contributed by atoms with Gasteiger partial charge in [-0.15, -0.1) is 0 Å². The van der Waals surface area contributed by atoms with Crippen molar-refractivity contribution in [3.8, 4) is 11.5 Å². The van der Waals surface area contributed by atoms with E-state index in [-0.39, 0.29) is 6.61 Å². The fourth-order valence-electron chi connectivity index (χ4n) is 2.82. The van der Waals surface area contributed by atoms with E-state index in [4.69, 9.17) is 14.2 Å². The Morgan fingerprint density at radius 2 is 2.12 bits per heavy atom. The second-order valence-corrected chi connectivity index (χ2v) is 5.51. The van der Waals surface area contributed by atoms with E-state index in [1.807, 2.05) is 6.07 Å². The Labute approximate surface area is 150 Å². The SMILES string of the molecule is C=CCOC(=O)C1=C(C)Nc2nnnn2[C@@H]1c1ccc(OC)c(OC)c1. The van der Waals surface area contributed by atoms with Gasteiger partial charge < -0.3 is 19.5 Å². The predicted molar refractivity (Wildman–Crippen MR) is 93.0 cm³/mol. The molecule has 3 rings (SSSR count). The normalized spacial score (nSPS) is 15.7. The number of hydrogen-bond donors (Lipinski definition) is 1. The molecule has 0 spiro atoms. The number of anilines is 1. The van der Waals surface area contributed by atoms with E-state index in [9.17, 15) is 4.79 Å². The fraction of sp³-hybridized carbons (Fsp3) is 0.294. The summed E-state index contributed by atoms with van der Waals surface area (Å²) in [5.74, 6) is 1.08. The highest BCUT2D eigenvalue weighted by Gasteiger charge is 2.35. The Morgan fingerprint density at radius 3 is 2.81 bits per heavy atom. The first kappa shape index (κ1) is 17.5. The van der Waals surface area contributed by atoms with Crippen LogP contribution in [0, 0.1) is 0 Å². The van der Waals surface area contributed by atoms with Crippen LogP contribution in [0.1, 0.15) is 18.5 Å². The van der Waals surface area contributed by atoms with Crippen molar-refractivity contribution in [2.45, 2.75) is 13.0 Å². The second-order valence-electron chi connectivity index (χ2n) is 5.51. The maximum atomic E-state index is 12.7. The smallest absolute Gasteiger partial charge is 0.338 e. The van der Waals surface area contributed by atoms with Crippen LogP contribution in [-0.2, 0) is 9.53 Å². The van der Waals surface area contributed by atoms with E-state index < -0.39 is 12.0 Å². The van der Waals surface area contributed by atoms with Gasteiger partial charge in [-0.3, -0.25) is 0 Å². The number of nitrogens with one attached hydrogen (secondary N) is 1. The Bertz CT molecular complexity index is 874. The Kier molecular flexibility index (Phi) is 4.87. The van der Waals surface area contributed by atoms with Crippen molar-refractivity contribution in [3.05, 3.63) is 47.7 Å². The average Bonchev–Trinajstić information content (AvgIpc) is 3.12. The van der Waals surface area contributed by atoms with E-state index in [0.717, 1.165) is 5.56 Å². The van der Waals surface area contributed by atoms with Gasteiger partial charge in [-0.25, -0.2) is 4.79 Å². The van der Waals surface area contributed by atoms with Crippen molar-refractivity contribution < 1.29 is 19.0 Å². The highest BCUT2D eigenvalue weighted by atomic mass is 16.5. The summed E-state index contributed by atoms with van der Waals surface area (Å²) in [6, 6.07) is 4.81. The molecule has 1 aliphatic heterocycles. The minimum Gasteiger partial charge on any atom is -0.493 e. The summed E-state index contributed by atoms with van der Waals surface area (Å²) in [6.07, 6.45) is 1.51. The minimum absolute atomic E-state index is 0.108. The first-order valence-electron chi connectivity index (χ1n) is 7.86. The van der Waals surface area contributed by atoms with Crippen LogP contribution < -0.4 is 14.8 Å². The molecule has 1 aromatic carbocycles. The van der Waals surface area contributed by atoms with Crippen molar-refractivity contribution in [2.75, 3.05) is 26.1 Å². The third-order valence-corrected chi connectivity index (χ3v) is 3.99. The molecule has 1 N–H and O–H groups in total. The van der Waals surface area contributed by atoms with Gasteiger partial charge in [-0.2, -0.15) is 4.68 Å². The number of methoxy groups -OCH3 is 2. The number of fused-ring (bicyclic) bond motifs is 1. The van der Waals surface area contributed by atoms with Gasteiger partial charge in [0.25, 0.3) is 0 Å². The van der Waals surface area contributed by atoms with Crippen LogP contribution in [0.15, 0.2) is 42.1 Å². The van der Waals surface area contributed by atoms with Gasteiger partial charge in [0.15, 0.2) is 11.5 Å². The number of hydrogen-bond acceptors (Lipinski definition) is 8. The predicted octanol–water partition coefficient (Wildman–Crippen LogP) is 1.71. The lowest BCUT2D eigenvalue weighted by atomic mass is 9.95. The first-order chi connectivity index (χ1) is 12.6. The number of benzene rings is 1. The fourth-order valence-corrected chi connectivity index (χ4v) is 2.82. The maximum Gasteiger partial charge on any atom is 0.338 e. The molecule has 2 heterocycles. The number of tetrazole rings is 1. The molecule has 136 valence electrons. The van der Waals surface area contributed by atoms with Crippen LogP contribution in [0.3, 0.4) is 0 Å². The largest absolute Gasteiger partial charge is 0.493 e. The molecule has 1 aliphatic rings. The average molecular weight is 357 g/mol. The van der Waals surface area contributed by atoms with E-state index in [2.05, 4.69) is 27.4 Å². The molecule has 0 bridgehead atoms. The van der Waals surface area contributed by atoms with Crippen LogP contribution >= 0.6 is 0 Å². The molecular formula is C17H19N5O4. The number of aromatic nitrogens is 4. The van der Waals surface area contributed by atoms with Gasteiger partial charge in [0.2, 0.25) is 5.95 Å². The van der Waals surface area contributed by atoms with E-state index in [1.54, 1.807) is 33.3 Å². The van der Waals surface area contributed by atoms with E-state index >= 15 is 0 Å². The maximum absolute atomic E-state index is 12.7. The number of esters is 1. The van der Waals surface area contributed by atoms with Crippen LogP contribution in [-0.4, -0.2) is 47.0 Å². The Balaban J connectivity index is 2.12. The highest BCUT2D eigenvalue weighted by Crippen LogP contribution is 2.38. The van der Waals surface area contributed by atoms with Crippen LogP contribution in [0.2, 0.25) is 0 Å². The molecule has 0 saturated carbocycles. The molecule has 0 amide bonds. The summed E-state index contributed by atoms with van der Waals surface area (Å²) >= 11 is 0. The number of ether oxygens (including phenoxy) is 3. The number of allylic oxidation sites excluding steroid dienone is 1. The Morgan fingerprint density at radius 1 is 1.35 bits per heavy atom. The highest BCUT2D eigenvalue weighted by molar-refractivity contribution is 5.92. The topological polar surface area (TPSA) is 100 Å². The summed E-state index contributed by atoms with van der Waals surface area (Å²) in [6.45, 7) is 5.45. The molecule has 1 aromatic heterocycles. The van der Waals surface area contributed by atoms with Crippen LogP contribution in [0.25, 0.3) is 0 Å². The summed E-state index contributed by atoms with van der Waals surface area (Å²) in [4.78, 5) is 12.7. The molecule has 0 saturated heterocycles. The summed E-state index contributed by atoms with van der Waals surface area (Å²) in [5, 5.41) is 14.7. The molecule has 0 unspecified atom stereocenters. The van der Waals surface area contributed by atoms with Gasteiger partial charge in [0, 0.05) is 5.70 Å². The standard InChI is InChI=1S/C17H19N5O4/c1-5-8-26-16(23)14-10(2)18-17-19-20-21-22(17)15(14)11-6-7-12(24-3)13(9-11)25-4/h5-7,9,15H,1,8H2,2-4H3,(H,18,19,21)/t15-/m1/s1. The molecule has 0 fully saturated rings. The second kappa shape index (κ2) is 7.26. The molecular weight excluding hydrogens is 338 g/mol. The zero-order chi connectivity index (χ0) is 18.7. The van der Waals surface area contributed by atoms with Crippen molar-refractivity contribution in [1.82, 2.24) is 20.2 Å². The van der Waals surface area contributed by atoms with Crippen molar-refractivity contribution >= 4 is 11.9 Å². The zero-order valence-corrected chi connectivity index (χ0v) is 14.7. The lowest BCUT2D eigenvalue weighted by Gasteiger charge is -2.27. The third kappa shape index (κ3) is 2.99. The molecule has 1 atom stereocenters. The van der Waals surface area contributed by atoms with Crippen molar-refractivity contribution in [1.29, 1.82) is 0 Å². The molecule has 9 nitrogen and oxygen atoms in total. The van der Waals surface area contributed by atoms with Gasteiger partial charge in [-0.1, -0.05) is 23.8 Å². The van der Waals surface area contributed by atoms with Crippen molar-refractivity contribution in [3.63, 3.8) is 0 Å². The lowest BCUT2D eigenvalue weighted by Crippen LogP contribution is -2.29. The lowest BCUT2D eigenvalue weighted by molar-refractivity contribution is -0.138. The van der Waals surface area contributed by atoms with Gasteiger partial charge >= 0.3 is 5.97 Å². The molecule has 9 heteroatoms. The monoisotopic (exact) mass is 357 g/mol. The summed E-state index contributed by atoms with van der Waals surface area (Å²) in [5.41, 5.74) is 1.77. The minimum atomic E-state index is -0.571. The quantitative estimate of drug-likeness (QED) is 0.616. The molecule has 26 heavy (non-hydrogen) atoms. The number of nitrogens with zero attached hydrogens (tertiary/aromatic N) is 4. The third-order valence-electron chi connectivity index (χ3n) is 3.99. The van der Waals surface area contributed by atoms with E-state index in [0.29, 0.717) is 28.7 Å². The Hall–Kier alpha value is -3.36. The summed E-state index contributed by atoms with van der Waals surface area (Å²) in [7, 11) is 3.11. The summed E-state index contributed by atoms with van der Waals surface area (Å²) < 4.78 is 17.4. The zero-order valence-electron chi connectivity index (χ0n) is 14.7. The molecule has 0 radical (unpaired) electrons. The van der Waals surface area contributed by atoms with Gasteiger partial charge in [0.1, 0.15) is 12.6 Å². The van der Waals surface area contributed by atoms with Crippen LogP contribution in [0.5, 0.6) is 11.5 Å². The van der Waals surface area contributed by atoms with Crippen molar-refractivity contribution in [2.24, 2.45) is 0 Å². The first-order valence-corrected chi connectivity index (χ1v) is 7.86. The molecule has 2 aromatic rings. The van der Waals surface area contributed by atoms with Gasteiger partial charge in [0.05, 0.1) is 19.8 Å². The number of carbonyl (C=O) groups excluding carboxylic acids is 1. The number of rotatable bonds is 6. The van der Waals surface area contributed by atoms with Gasteiger partial charge in [-0.05, 0) is 35.0 Å². The number of carbonyl (C=O) groups is 1.